The van der Waals surface area contributed by atoms with Gasteiger partial charge < -0.3 is 4.74 Å². The fourth-order valence-corrected chi connectivity index (χ4v) is 1.77. The third-order valence-electron chi connectivity index (χ3n) is 1.76. The quantitative estimate of drug-likeness (QED) is 0.593. The molecule has 0 heterocycles. The van der Waals surface area contributed by atoms with Crippen LogP contribution in [0.5, 0.6) is 5.75 Å². The highest BCUT2D eigenvalue weighted by Crippen LogP contribution is 2.28. The van der Waals surface area contributed by atoms with Crippen molar-refractivity contribution in [3.8, 4) is 5.75 Å². The molecule has 2 N–H and O–H groups in total. The number of benzene rings is 1. The maximum Gasteiger partial charge on any atom is 0.125 e. The second kappa shape index (κ2) is 5.11. The summed E-state index contributed by atoms with van der Waals surface area (Å²) in [6.45, 7) is 0.375. The van der Waals surface area contributed by atoms with E-state index in [1.165, 1.54) is 0 Å². The Morgan fingerprint density at radius 1 is 1.46 bits per heavy atom. The summed E-state index contributed by atoms with van der Waals surface area (Å²) in [4.78, 5) is 5.75. The molecule has 3 nitrogen and oxygen atoms in total. The van der Waals surface area contributed by atoms with Gasteiger partial charge >= 0.3 is 0 Å². The molecule has 0 amide bonds. The molecule has 0 aliphatic carbocycles. The molecule has 1 rings (SSSR count). The number of hydrogen-bond donors (Lipinski definition) is 1. The van der Waals surface area contributed by atoms with Crippen molar-refractivity contribution in [3.05, 3.63) is 23.8 Å². The van der Waals surface area contributed by atoms with Crippen LogP contribution in [0.25, 0.3) is 0 Å². The molecular weight excluding hydrogens is 186 g/mol. The van der Waals surface area contributed by atoms with E-state index in [1.807, 2.05) is 24.5 Å². The van der Waals surface area contributed by atoms with Crippen molar-refractivity contribution in [1.82, 2.24) is 0 Å². The molecule has 0 saturated carbocycles. The van der Waals surface area contributed by atoms with Crippen molar-refractivity contribution in [3.63, 3.8) is 0 Å². The van der Waals surface area contributed by atoms with Crippen LogP contribution in [0, 0.1) is 0 Å². The Labute approximate surface area is 82.2 Å². The second-order valence-corrected chi connectivity index (χ2v) is 3.30. The van der Waals surface area contributed by atoms with Gasteiger partial charge in [-0.3, -0.25) is 4.84 Å². The minimum absolute atomic E-state index is 0.375. The maximum absolute atomic E-state index is 5.19. The van der Waals surface area contributed by atoms with Crippen molar-refractivity contribution in [2.45, 2.75) is 11.5 Å². The lowest BCUT2D eigenvalue weighted by Gasteiger charge is -2.10. The highest BCUT2D eigenvalue weighted by Gasteiger charge is 2.07. The molecule has 13 heavy (non-hydrogen) atoms. The van der Waals surface area contributed by atoms with E-state index in [-0.39, 0.29) is 0 Å². The summed E-state index contributed by atoms with van der Waals surface area (Å²) < 4.78 is 5.19. The highest BCUT2D eigenvalue weighted by molar-refractivity contribution is 7.98. The summed E-state index contributed by atoms with van der Waals surface area (Å²) in [7, 11) is 1.64. The van der Waals surface area contributed by atoms with Crippen LogP contribution in [0.1, 0.15) is 5.56 Å². The van der Waals surface area contributed by atoms with E-state index in [2.05, 4.69) is 4.84 Å². The van der Waals surface area contributed by atoms with Crippen molar-refractivity contribution < 1.29 is 9.57 Å². The molecule has 0 spiro atoms. The second-order valence-electron chi connectivity index (χ2n) is 2.45. The molecular formula is C9H13NO2S. The third-order valence-corrected chi connectivity index (χ3v) is 2.58. The fourth-order valence-electron chi connectivity index (χ4n) is 1.15. The number of ether oxygens (including phenoxy) is 1. The van der Waals surface area contributed by atoms with Crippen LogP contribution in [0.4, 0.5) is 0 Å². The zero-order valence-corrected chi connectivity index (χ0v) is 8.56. The van der Waals surface area contributed by atoms with Crippen LogP contribution in [0.15, 0.2) is 23.1 Å². The van der Waals surface area contributed by atoms with Crippen LogP contribution in [-0.2, 0) is 11.4 Å². The number of methoxy groups -OCH3 is 1. The first-order valence-corrected chi connectivity index (χ1v) is 5.07. The molecule has 0 bridgehead atoms. The van der Waals surface area contributed by atoms with Gasteiger partial charge in [0.15, 0.2) is 0 Å². The SMILES string of the molecule is COc1cccc(SC)c1CON. The van der Waals surface area contributed by atoms with Gasteiger partial charge in [0.1, 0.15) is 5.75 Å². The average Bonchev–Trinajstić information content (AvgIpc) is 2.18. The summed E-state index contributed by atoms with van der Waals surface area (Å²) in [5, 5.41) is 0. The fraction of sp³-hybridized carbons (Fsp3) is 0.333. The Hall–Kier alpha value is -0.710. The zero-order chi connectivity index (χ0) is 9.68. The number of thioether (sulfide) groups is 1. The molecule has 0 atom stereocenters. The number of rotatable bonds is 4. The predicted molar refractivity (Wildman–Crippen MR) is 53.8 cm³/mol. The Balaban J connectivity index is 3.05. The van der Waals surface area contributed by atoms with E-state index in [0.717, 1.165) is 16.2 Å². The zero-order valence-electron chi connectivity index (χ0n) is 7.74. The first-order chi connectivity index (χ1) is 6.33. The first-order valence-electron chi connectivity index (χ1n) is 3.85. The predicted octanol–water partition coefficient (Wildman–Crippen LogP) is 1.81. The number of nitrogens with two attached hydrogens (primary N) is 1. The van der Waals surface area contributed by atoms with E-state index in [0.29, 0.717) is 6.61 Å². The summed E-state index contributed by atoms with van der Waals surface area (Å²) >= 11 is 1.65. The largest absolute Gasteiger partial charge is 0.496 e. The van der Waals surface area contributed by atoms with E-state index >= 15 is 0 Å². The van der Waals surface area contributed by atoms with E-state index in [4.69, 9.17) is 10.6 Å². The van der Waals surface area contributed by atoms with Gasteiger partial charge in [0.25, 0.3) is 0 Å². The lowest BCUT2D eigenvalue weighted by Crippen LogP contribution is -2.02. The molecule has 0 unspecified atom stereocenters. The van der Waals surface area contributed by atoms with Gasteiger partial charge in [0, 0.05) is 10.5 Å². The molecule has 0 radical (unpaired) electrons. The van der Waals surface area contributed by atoms with Gasteiger partial charge in [-0.05, 0) is 18.4 Å². The van der Waals surface area contributed by atoms with Crippen LogP contribution in [0.3, 0.4) is 0 Å². The van der Waals surface area contributed by atoms with Gasteiger partial charge in [0.2, 0.25) is 0 Å². The molecule has 0 aromatic heterocycles. The van der Waals surface area contributed by atoms with Crippen LogP contribution < -0.4 is 10.6 Å². The lowest BCUT2D eigenvalue weighted by molar-refractivity contribution is 0.120. The van der Waals surface area contributed by atoms with Gasteiger partial charge in [-0.1, -0.05) is 6.07 Å². The minimum Gasteiger partial charge on any atom is -0.496 e. The minimum atomic E-state index is 0.375. The monoisotopic (exact) mass is 199 g/mol. The molecule has 1 aromatic rings. The topological polar surface area (TPSA) is 44.5 Å². The van der Waals surface area contributed by atoms with Crippen molar-refractivity contribution in [1.29, 1.82) is 0 Å². The van der Waals surface area contributed by atoms with Crippen LogP contribution in [0.2, 0.25) is 0 Å². The van der Waals surface area contributed by atoms with Gasteiger partial charge in [-0.2, -0.15) is 0 Å². The summed E-state index contributed by atoms with van der Waals surface area (Å²) in [6.07, 6.45) is 2.01. The highest BCUT2D eigenvalue weighted by atomic mass is 32.2. The van der Waals surface area contributed by atoms with E-state index in [9.17, 15) is 0 Å². The summed E-state index contributed by atoms with van der Waals surface area (Å²) in [5.41, 5.74) is 1.00. The normalized spacial score (nSPS) is 10.1. The lowest BCUT2D eigenvalue weighted by atomic mass is 10.2. The smallest absolute Gasteiger partial charge is 0.125 e. The van der Waals surface area contributed by atoms with Gasteiger partial charge in [0.05, 0.1) is 13.7 Å². The molecule has 72 valence electrons. The molecule has 0 aliphatic heterocycles. The Kier molecular flexibility index (Phi) is 4.08. The summed E-state index contributed by atoms with van der Waals surface area (Å²) in [5.74, 6) is 5.86. The standard InChI is InChI=1S/C9H13NO2S/c1-11-8-4-3-5-9(13-2)7(8)6-12-10/h3-5H,6,10H2,1-2H3. The Morgan fingerprint density at radius 2 is 2.23 bits per heavy atom. The van der Waals surface area contributed by atoms with E-state index in [1.54, 1.807) is 18.9 Å². The van der Waals surface area contributed by atoms with Gasteiger partial charge in [-0.15, -0.1) is 11.8 Å². The third kappa shape index (κ3) is 2.37. The Bertz CT molecular complexity index is 256. The number of hydrogen-bond acceptors (Lipinski definition) is 4. The maximum atomic E-state index is 5.19. The Morgan fingerprint density at radius 3 is 2.77 bits per heavy atom. The van der Waals surface area contributed by atoms with Crippen LogP contribution >= 0.6 is 11.8 Å². The molecule has 1 aromatic carbocycles. The molecule has 0 aliphatic rings. The molecule has 0 saturated heterocycles. The van der Waals surface area contributed by atoms with E-state index < -0.39 is 0 Å². The first kappa shape index (κ1) is 10.4. The van der Waals surface area contributed by atoms with Crippen molar-refractivity contribution in [2.75, 3.05) is 13.4 Å². The average molecular weight is 199 g/mol. The van der Waals surface area contributed by atoms with Crippen molar-refractivity contribution in [2.24, 2.45) is 5.90 Å². The van der Waals surface area contributed by atoms with Gasteiger partial charge in [-0.25, -0.2) is 5.90 Å². The molecule has 4 heteroatoms. The molecule has 0 fully saturated rings. The van der Waals surface area contributed by atoms with Crippen LogP contribution in [-0.4, -0.2) is 13.4 Å². The van der Waals surface area contributed by atoms with Crippen molar-refractivity contribution >= 4 is 11.8 Å². The summed E-state index contributed by atoms with van der Waals surface area (Å²) in [6, 6.07) is 5.86.